The van der Waals surface area contributed by atoms with Crippen molar-refractivity contribution in [2.75, 3.05) is 0 Å². The Morgan fingerprint density at radius 3 is 2.17 bits per heavy atom. The molecule has 5 heteroatoms. The first-order valence-electron chi connectivity index (χ1n) is 12.2. The van der Waals surface area contributed by atoms with Gasteiger partial charge in [0.25, 0.3) is 0 Å². The highest BCUT2D eigenvalue weighted by Gasteiger charge is 2.24. The Hall–Kier alpha value is -3.51. The molecule has 9 rings (SSSR count). The van der Waals surface area contributed by atoms with Gasteiger partial charge in [-0.25, -0.2) is 4.98 Å². The summed E-state index contributed by atoms with van der Waals surface area (Å²) in [5, 5.41) is 7.73. The van der Waals surface area contributed by atoms with E-state index in [0.717, 1.165) is 23.5 Å². The van der Waals surface area contributed by atoms with Crippen LogP contribution in [0.5, 0.6) is 0 Å². The molecule has 170 valence electrons. The molecular formula is C31H18N2S3. The summed E-state index contributed by atoms with van der Waals surface area (Å²) >= 11 is 5.57. The van der Waals surface area contributed by atoms with E-state index in [-0.39, 0.29) is 0 Å². The fraction of sp³-hybridized carbons (Fsp3) is 0.0645. The van der Waals surface area contributed by atoms with Crippen molar-refractivity contribution in [2.24, 2.45) is 0 Å². The van der Waals surface area contributed by atoms with Gasteiger partial charge in [0, 0.05) is 57.0 Å². The molecule has 0 unspecified atom stereocenters. The zero-order valence-electron chi connectivity index (χ0n) is 19.1. The summed E-state index contributed by atoms with van der Waals surface area (Å²) in [6.45, 7) is 0. The van der Waals surface area contributed by atoms with Crippen LogP contribution < -0.4 is 0 Å². The molecular weight excluding hydrogens is 497 g/mol. The number of allylic oxidation sites excluding steroid dienone is 1. The van der Waals surface area contributed by atoms with E-state index in [1.54, 1.807) is 0 Å². The van der Waals surface area contributed by atoms with Crippen molar-refractivity contribution >= 4 is 102 Å². The summed E-state index contributed by atoms with van der Waals surface area (Å²) in [5.41, 5.74) is 5.20. The predicted molar refractivity (Wildman–Crippen MR) is 160 cm³/mol. The third kappa shape index (κ3) is 2.48. The van der Waals surface area contributed by atoms with Gasteiger partial charge in [-0.3, -0.25) is 4.57 Å². The average Bonchev–Trinajstić information content (AvgIpc) is 3.66. The number of hydrogen-bond acceptors (Lipinski definition) is 4. The maximum absolute atomic E-state index is 5.40. The van der Waals surface area contributed by atoms with E-state index >= 15 is 0 Å². The summed E-state index contributed by atoms with van der Waals surface area (Å²) < 4.78 is 9.09. The minimum absolute atomic E-state index is 1.04. The van der Waals surface area contributed by atoms with E-state index in [1.807, 2.05) is 34.0 Å². The molecule has 0 radical (unpaired) electrons. The average molecular weight is 515 g/mol. The van der Waals surface area contributed by atoms with Gasteiger partial charge in [-0.1, -0.05) is 66.0 Å². The van der Waals surface area contributed by atoms with Crippen molar-refractivity contribution in [1.29, 1.82) is 0 Å². The number of nitrogens with zero attached hydrogens (tertiary/aromatic N) is 2. The number of thiophene rings is 2. The van der Waals surface area contributed by atoms with Crippen molar-refractivity contribution in [3.05, 3.63) is 90.1 Å². The summed E-state index contributed by atoms with van der Waals surface area (Å²) in [4.78, 5) is 5.40. The second kappa shape index (κ2) is 7.04. The molecule has 4 aromatic carbocycles. The van der Waals surface area contributed by atoms with Crippen LogP contribution in [0.1, 0.15) is 17.7 Å². The number of fused-ring (bicyclic) bond motifs is 12. The van der Waals surface area contributed by atoms with E-state index in [2.05, 4.69) is 89.5 Å². The number of thiazole rings is 1. The molecule has 4 heterocycles. The van der Waals surface area contributed by atoms with Crippen molar-refractivity contribution in [3.63, 3.8) is 0 Å². The summed E-state index contributed by atoms with van der Waals surface area (Å²) in [5.74, 6) is 0. The van der Waals surface area contributed by atoms with Gasteiger partial charge in [-0.05, 0) is 43.2 Å². The lowest BCUT2D eigenvalue weighted by atomic mass is 10.0. The van der Waals surface area contributed by atoms with Crippen LogP contribution in [0.3, 0.4) is 0 Å². The quantitative estimate of drug-likeness (QED) is 0.213. The van der Waals surface area contributed by atoms with Gasteiger partial charge in [0.1, 0.15) is 0 Å². The molecule has 1 aliphatic carbocycles. The number of hydrogen-bond donors (Lipinski definition) is 0. The summed E-state index contributed by atoms with van der Waals surface area (Å²) in [6, 6.07) is 26.7. The highest BCUT2D eigenvalue weighted by atomic mass is 32.1. The minimum atomic E-state index is 1.04. The largest absolute Gasteiger partial charge is 0.288 e. The summed E-state index contributed by atoms with van der Waals surface area (Å²) in [6.07, 6.45) is 6.76. The van der Waals surface area contributed by atoms with Crippen LogP contribution >= 0.6 is 34.0 Å². The zero-order valence-corrected chi connectivity index (χ0v) is 21.6. The zero-order chi connectivity index (χ0) is 23.4. The molecule has 1 aliphatic rings. The van der Waals surface area contributed by atoms with Crippen LogP contribution in [-0.4, -0.2) is 9.55 Å². The second-order valence-corrected chi connectivity index (χ2v) is 12.6. The summed E-state index contributed by atoms with van der Waals surface area (Å²) in [7, 11) is 0. The number of benzene rings is 4. The van der Waals surface area contributed by atoms with Crippen LogP contribution in [0.25, 0.3) is 72.7 Å². The number of aromatic nitrogens is 2. The monoisotopic (exact) mass is 514 g/mol. The first-order chi connectivity index (χ1) is 17.8. The first kappa shape index (κ1) is 19.7. The van der Waals surface area contributed by atoms with E-state index in [1.165, 1.54) is 67.2 Å². The Balaban J connectivity index is 1.46. The van der Waals surface area contributed by atoms with Crippen LogP contribution in [0.2, 0.25) is 0 Å². The molecule has 4 aromatic heterocycles. The molecule has 2 nitrogen and oxygen atoms in total. The van der Waals surface area contributed by atoms with Gasteiger partial charge in [0.05, 0.1) is 15.7 Å². The minimum Gasteiger partial charge on any atom is -0.288 e. The lowest BCUT2D eigenvalue weighted by Gasteiger charge is -2.10. The van der Waals surface area contributed by atoms with Gasteiger partial charge in [0.2, 0.25) is 0 Å². The maximum atomic E-state index is 5.40. The Morgan fingerprint density at radius 2 is 1.33 bits per heavy atom. The van der Waals surface area contributed by atoms with Crippen LogP contribution in [0, 0.1) is 0 Å². The molecule has 0 atom stereocenters. The molecule has 0 aliphatic heterocycles. The van der Waals surface area contributed by atoms with E-state index in [9.17, 15) is 0 Å². The molecule has 0 spiro atoms. The van der Waals surface area contributed by atoms with Gasteiger partial charge in [-0.2, -0.15) is 0 Å². The van der Waals surface area contributed by atoms with Crippen LogP contribution in [-0.2, 0) is 6.42 Å². The molecule has 0 bridgehead atoms. The van der Waals surface area contributed by atoms with Gasteiger partial charge in [-0.15, -0.1) is 22.7 Å². The number of rotatable bonds is 1. The molecule has 8 aromatic rings. The molecule has 0 amide bonds. The molecule has 0 N–H and O–H groups in total. The molecule has 0 saturated heterocycles. The molecule has 0 saturated carbocycles. The van der Waals surface area contributed by atoms with E-state index < -0.39 is 0 Å². The lowest BCUT2D eigenvalue weighted by molar-refractivity contribution is 0.886. The van der Waals surface area contributed by atoms with Gasteiger partial charge < -0.3 is 0 Å². The van der Waals surface area contributed by atoms with Crippen LogP contribution in [0.4, 0.5) is 0 Å². The van der Waals surface area contributed by atoms with E-state index in [0.29, 0.717) is 0 Å². The maximum Gasteiger partial charge on any atom is 0.195 e. The Bertz CT molecular complexity index is 2220. The molecule has 0 fully saturated rings. The first-order valence-corrected chi connectivity index (χ1v) is 14.7. The van der Waals surface area contributed by atoms with E-state index in [4.69, 9.17) is 4.98 Å². The predicted octanol–water partition coefficient (Wildman–Crippen LogP) is 9.94. The van der Waals surface area contributed by atoms with Crippen LogP contribution in [0.15, 0.2) is 78.9 Å². The fourth-order valence-corrected chi connectivity index (χ4v) is 9.23. The standard InChI is InChI=1S/C31H18N2S3/c1-4-10-21-17(7-1)18-13-14-25-28(20-9-3-6-12-23(20)35-25)30(18)33(21)31-32-29-26(36-31)16-15-24-27(29)19-8-2-5-11-22(19)34-24/h1-3,5-9,11-16H,4,10H2. The van der Waals surface area contributed by atoms with Crippen molar-refractivity contribution in [1.82, 2.24) is 9.55 Å². The second-order valence-electron chi connectivity index (χ2n) is 9.45. The third-order valence-corrected chi connectivity index (χ3v) is 10.8. The van der Waals surface area contributed by atoms with Crippen molar-refractivity contribution in [3.8, 4) is 5.13 Å². The third-order valence-electron chi connectivity index (χ3n) is 7.52. The van der Waals surface area contributed by atoms with Gasteiger partial charge in [0.15, 0.2) is 5.13 Å². The lowest BCUT2D eigenvalue weighted by Crippen LogP contribution is -2.02. The Kier molecular flexibility index (Phi) is 3.84. The fourth-order valence-electron chi connectivity index (χ4n) is 6.01. The smallest absolute Gasteiger partial charge is 0.195 e. The SMILES string of the molecule is C1=Cc2c(n(-c3nc4c(ccc5sc6ccccc6c54)s3)c3c2ccc2sc4ccccc4c23)CC1. The van der Waals surface area contributed by atoms with Crippen molar-refractivity contribution in [2.45, 2.75) is 12.8 Å². The Labute approximate surface area is 218 Å². The van der Waals surface area contributed by atoms with Gasteiger partial charge >= 0.3 is 0 Å². The Morgan fingerprint density at radius 1 is 0.639 bits per heavy atom. The highest BCUT2D eigenvalue weighted by molar-refractivity contribution is 7.26. The topological polar surface area (TPSA) is 17.8 Å². The molecule has 36 heavy (non-hydrogen) atoms. The highest BCUT2D eigenvalue weighted by Crippen LogP contribution is 2.45. The van der Waals surface area contributed by atoms with Crippen molar-refractivity contribution < 1.29 is 0 Å². The normalized spacial score (nSPS) is 13.8.